The minimum Gasteiger partial charge on any atom is -0.497 e. The summed E-state index contributed by atoms with van der Waals surface area (Å²) in [6.07, 6.45) is 0. The minimum atomic E-state index is -0.572. The number of hydrogen-bond donors (Lipinski definition) is 1. The van der Waals surface area contributed by atoms with Crippen molar-refractivity contribution in [1.82, 2.24) is 4.98 Å². The Morgan fingerprint density at radius 1 is 1.55 bits per heavy atom. The highest BCUT2D eigenvalue weighted by Gasteiger charge is 2.19. The van der Waals surface area contributed by atoms with Gasteiger partial charge in [0, 0.05) is 12.1 Å². The van der Waals surface area contributed by atoms with Gasteiger partial charge >= 0.3 is 5.69 Å². The SMILES string of the molecule is COc1ccc([N+](=O)[O-])c(Oc2nc(Cl)c(CO)s2)c1. The first kappa shape index (κ1) is 14.5. The van der Waals surface area contributed by atoms with Crippen LogP contribution in [0.5, 0.6) is 16.7 Å². The fourth-order valence-electron chi connectivity index (χ4n) is 1.40. The monoisotopic (exact) mass is 316 g/mol. The molecule has 1 N–H and O–H groups in total. The number of halogens is 1. The largest absolute Gasteiger partial charge is 0.497 e. The third kappa shape index (κ3) is 2.98. The number of benzene rings is 1. The first-order valence-corrected chi connectivity index (χ1v) is 6.51. The van der Waals surface area contributed by atoms with Crippen molar-refractivity contribution >= 4 is 28.6 Å². The van der Waals surface area contributed by atoms with Crippen molar-refractivity contribution < 1.29 is 19.5 Å². The van der Waals surface area contributed by atoms with Crippen LogP contribution in [0, 0.1) is 10.1 Å². The molecule has 0 saturated heterocycles. The second kappa shape index (κ2) is 6.04. The number of rotatable bonds is 5. The van der Waals surface area contributed by atoms with E-state index in [2.05, 4.69) is 4.98 Å². The number of thiazole rings is 1. The average molecular weight is 317 g/mol. The average Bonchev–Trinajstić information content (AvgIpc) is 2.78. The van der Waals surface area contributed by atoms with E-state index in [4.69, 9.17) is 26.2 Å². The predicted molar refractivity (Wildman–Crippen MR) is 72.8 cm³/mol. The molecule has 0 amide bonds. The van der Waals surface area contributed by atoms with Crippen molar-refractivity contribution in [3.05, 3.63) is 38.3 Å². The smallest absolute Gasteiger partial charge is 0.311 e. The number of ether oxygens (including phenoxy) is 2. The van der Waals surface area contributed by atoms with Gasteiger partial charge in [0.25, 0.3) is 5.19 Å². The fourth-order valence-corrected chi connectivity index (χ4v) is 2.38. The van der Waals surface area contributed by atoms with Crippen LogP contribution < -0.4 is 9.47 Å². The van der Waals surface area contributed by atoms with E-state index in [1.54, 1.807) is 0 Å². The molecule has 0 atom stereocenters. The Bertz CT molecular complexity index is 646. The lowest BCUT2D eigenvalue weighted by Gasteiger charge is -2.05. The van der Waals surface area contributed by atoms with Crippen LogP contribution in [0.3, 0.4) is 0 Å². The van der Waals surface area contributed by atoms with E-state index in [0.29, 0.717) is 10.6 Å². The highest BCUT2D eigenvalue weighted by molar-refractivity contribution is 7.13. The molecule has 1 aromatic carbocycles. The second-order valence-electron chi connectivity index (χ2n) is 3.54. The van der Waals surface area contributed by atoms with E-state index in [1.165, 1.54) is 25.3 Å². The molecular weight excluding hydrogens is 308 g/mol. The van der Waals surface area contributed by atoms with Gasteiger partial charge in [-0.15, -0.1) is 0 Å². The molecular formula is C11H9ClN2O5S. The van der Waals surface area contributed by atoms with Crippen LogP contribution in [0.2, 0.25) is 5.15 Å². The van der Waals surface area contributed by atoms with Crippen molar-refractivity contribution in [1.29, 1.82) is 0 Å². The zero-order chi connectivity index (χ0) is 14.7. The Kier molecular flexibility index (Phi) is 4.38. The minimum absolute atomic E-state index is 0.00995. The molecule has 9 heteroatoms. The van der Waals surface area contributed by atoms with Crippen LogP contribution in [0.4, 0.5) is 5.69 Å². The van der Waals surface area contributed by atoms with Gasteiger partial charge in [-0.1, -0.05) is 22.9 Å². The normalized spacial score (nSPS) is 10.3. The van der Waals surface area contributed by atoms with Crippen molar-refractivity contribution in [2.24, 2.45) is 0 Å². The van der Waals surface area contributed by atoms with Gasteiger partial charge in [-0.2, -0.15) is 4.98 Å². The van der Waals surface area contributed by atoms with Gasteiger partial charge in [0.2, 0.25) is 5.75 Å². The lowest BCUT2D eigenvalue weighted by Crippen LogP contribution is -1.94. The molecule has 0 aliphatic rings. The van der Waals surface area contributed by atoms with Gasteiger partial charge in [0.1, 0.15) is 10.9 Å². The molecule has 0 bridgehead atoms. The molecule has 0 aliphatic heterocycles. The molecule has 0 unspecified atom stereocenters. The molecule has 0 fully saturated rings. The zero-order valence-corrected chi connectivity index (χ0v) is 11.8. The molecule has 7 nitrogen and oxygen atoms in total. The molecule has 1 aromatic heterocycles. The molecule has 0 aliphatic carbocycles. The maximum atomic E-state index is 10.9. The summed E-state index contributed by atoms with van der Waals surface area (Å²) in [6, 6.07) is 4.11. The molecule has 0 spiro atoms. The maximum absolute atomic E-state index is 10.9. The highest BCUT2D eigenvalue weighted by Crippen LogP contribution is 2.37. The number of nitro groups is 1. The number of aliphatic hydroxyl groups excluding tert-OH is 1. The Labute approximate surface area is 122 Å². The highest BCUT2D eigenvalue weighted by atomic mass is 35.5. The van der Waals surface area contributed by atoms with E-state index >= 15 is 0 Å². The Morgan fingerprint density at radius 2 is 2.30 bits per heavy atom. The Morgan fingerprint density at radius 3 is 2.85 bits per heavy atom. The summed E-state index contributed by atoms with van der Waals surface area (Å²) in [5, 5.41) is 20.2. The molecule has 2 aromatic rings. The number of methoxy groups -OCH3 is 1. The summed E-state index contributed by atoms with van der Waals surface area (Å²) in [5.74, 6) is 0.403. The van der Waals surface area contributed by atoms with Crippen LogP contribution in [0.25, 0.3) is 0 Å². The molecule has 20 heavy (non-hydrogen) atoms. The van der Waals surface area contributed by atoms with E-state index in [0.717, 1.165) is 11.3 Å². The predicted octanol–water partition coefficient (Wildman–Crippen LogP) is 3.00. The van der Waals surface area contributed by atoms with E-state index < -0.39 is 4.92 Å². The van der Waals surface area contributed by atoms with E-state index in [9.17, 15) is 10.1 Å². The van der Waals surface area contributed by atoms with Crippen molar-refractivity contribution in [2.75, 3.05) is 7.11 Å². The van der Waals surface area contributed by atoms with Gasteiger partial charge in [0.05, 0.1) is 23.5 Å². The van der Waals surface area contributed by atoms with Crippen LogP contribution >= 0.6 is 22.9 Å². The Hall–Kier alpha value is -1.90. The van der Waals surface area contributed by atoms with Crippen LogP contribution in [0.1, 0.15) is 4.88 Å². The van der Waals surface area contributed by atoms with Gasteiger partial charge in [-0.3, -0.25) is 10.1 Å². The van der Waals surface area contributed by atoms with Gasteiger partial charge < -0.3 is 14.6 Å². The molecule has 1 heterocycles. The van der Waals surface area contributed by atoms with Crippen molar-refractivity contribution in [3.63, 3.8) is 0 Å². The molecule has 106 valence electrons. The summed E-state index contributed by atoms with van der Waals surface area (Å²) < 4.78 is 10.4. The van der Waals surface area contributed by atoms with Gasteiger partial charge in [-0.05, 0) is 6.07 Å². The quantitative estimate of drug-likeness (QED) is 0.673. The number of hydrogen-bond acceptors (Lipinski definition) is 7. The van der Waals surface area contributed by atoms with Crippen molar-refractivity contribution in [2.45, 2.75) is 6.61 Å². The van der Waals surface area contributed by atoms with Gasteiger partial charge in [-0.25, -0.2) is 0 Å². The fraction of sp³-hybridized carbons (Fsp3) is 0.182. The molecule has 0 radical (unpaired) electrons. The first-order chi connectivity index (χ1) is 9.55. The van der Waals surface area contributed by atoms with Crippen LogP contribution in [-0.4, -0.2) is 22.1 Å². The summed E-state index contributed by atoms with van der Waals surface area (Å²) in [4.78, 5) is 14.7. The number of aromatic nitrogens is 1. The second-order valence-corrected chi connectivity index (χ2v) is 4.95. The summed E-state index contributed by atoms with van der Waals surface area (Å²) >= 11 is 6.78. The Balaban J connectivity index is 2.37. The first-order valence-electron chi connectivity index (χ1n) is 5.31. The number of nitrogens with zero attached hydrogens (tertiary/aromatic N) is 2. The third-order valence-corrected chi connectivity index (χ3v) is 3.68. The lowest BCUT2D eigenvalue weighted by atomic mass is 10.3. The third-order valence-electron chi connectivity index (χ3n) is 2.33. The van der Waals surface area contributed by atoms with E-state index in [-0.39, 0.29) is 28.4 Å². The zero-order valence-electron chi connectivity index (χ0n) is 10.2. The lowest BCUT2D eigenvalue weighted by molar-refractivity contribution is -0.385. The maximum Gasteiger partial charge on any atom is 0.311 e. The summed E-state index contributed by atoms with van der Waals surface area (Å²) in [5.41, 5.74) is -0.220. The summed E-state index contributed by atoms with van der Waals surface area (Å²) in [6.45, 7) is -0.278. The number of aliphatic hydroxyl groups is 1. The topological polar surface area (TPSA) is 94.7 Å². The molecule has 2 rings (SSSR count). The van der Waals surface area contributed by atoms with Crippen LogP contribution in [-0.2, 0) is 6.61 Å². The van der Waals surface area contributed by atoms with Crippen LogP contribution in [0.15, 0.2) is 18.2 Å². The summed E-state index contributed by atoms with van der Waals surface area (Å²) in [7, 11) is 1.44. The van der Waals surface area contributed by atoms with Gasteiger partial charge in [0.15, 0.2) is 0 Å². The standard InChI is InChI=1S/C11H9ClN2O5S/c1-18-6-2-3-7(14(16)17)8(4-6)19-11-13-10(12)9(5-15)20-11/h2-4,15H,5H2,1H3. The van der Waals surface area contributed by atoms with Crippen molar-refractivity contribution in [3.8, 4) is 16.7 Å². The molecule has 0 saturated carbocycles. The van der Waals surface area contributed by atoms with E-state index in [1.807, 2.05) is 0 Å². The number of nitro benzene ring substituents is 1.